The number of aromatic nitrogens is 1. The summed E-state index contributed by atoms with van der Waals surface area (Å²) in [5, 5.41) is 12.8. The highest BCUT2D eigenvalue weighted by atomic mass is 32.1. The molecular weight excluding hydrogens is 456 g/mol. The quantitative estimate of drug-likeness (QED) is 0.419. The number of ether oxygens (including phenoxy) is 2. The molecule has 1 heterocycles. The number of rotatable bonds is 12. The standard InChI is InChI=1S/C25H42N2O6S/c1-10-16(5)17(12-21(29)33-25(6,7)8)23(30)27(9)19(15(3)4)13-20(28)22-26-18(14-34-22)24(31)32-11-2/h14-17,19-20,28H,10-13H2,1-9H3/t16-,17-,19+,20+/m0/s1. The maximum Gasteiger partial charge on any atom is 0.357 e. The number of hydrogen-bond donors (Lipinski definition) is 1. The highest BCUT2D eigenvalue weighted by molar-refractivity contribution is 7.09. The third-order valence-electron chi connectivity index (χ3n) is 5.83. The van der Waals surface area contributed by atoms with E-state index in [1.165, 1.54) is 11.3 Å². The van der Waals surface area contributed by atoms with Crippen LogP contribution in [0.3, 0.4) is 0 Å². The van der Waals surface area contributed by atoms with E-state index in [0.29, 0.717) is 5.01 Å². The van der Waals surface area contributed by atoms with Crippen LogP contribution in [0.2, 0.25) is 0 Å². The number of amides is 1. The van der Waals surface area contributed by atoms with Crippen molar-refractivity contribution in [3.8, 4) is 0 Å². The molecule has 1 amide bonds. The Labute approximate surface area is 208 Å². The Morgan fingerprint density at radius 2 is 1.79 bits per heavy atom. The van der Waals surface area contributed by atoms with Crippen LogP contribution in [-0.4, -0.2) is 58.1 Å². The van der Waals surface area contributed by atoms with Crippen molar-refractivity contribution in [2.24, 2.45) is 17.8 Å². The van der Waals surface area contributed by atoms with Gasteiger partial charge in [0.2, 0.25) is 5.91 Å². The molecule has 9 heteroatoms. The summed E-state index contributed by atoms with van der Waals surface area (Å²) in [4.78, 5) is 43.8. The number of aliphatic hydroxyl groups is 1. The first-order valence-electron chi connectivity index (χ1n) is 12.0. The molecule has 0 saturated carbocycles. The summed E-state index contributed by atoms with van der Waals surface area (Å²) in [5.74, 6) is -1.53. The van der Waals surface area contributed by atoms with Gasteiger partial charge in [-0.05, 0) is 39.5 Å². The zero-order valence-electron chi connectivity index (χ0n) is 22.1. The Balaban J connectivity index is 3.02. The molecule has 0 aliphatic heterocycles. The third-order valence-corrected chi connectivity index (χ3v) is 6.77. The van der Waals surface area contributed by atoms with Crippen LogP contribution >= 0.6 is 11.3 Å². The second kappa shape index (κ2) is 13.2. The average Bonchev–Trinajstić information content (AvgIpc) is 3.23. The molecule has 0 radical (unpaired) electrons. The number of thiazole rings is 1. The maximum atomic E-state index is 13.5. The number of hydrogen-bond acceptors (Lipinski definition) is 8. The van der Waals surface area contributed by atoms with E-state index < -0.39 is 29.6 Å². The molecule has 0 bridgehead atoms. The van der Waals surface area contributed by atoms with E-state index in [1.54, 1.807) is 45.0 Å². The van der Waals surface area contributed by atoms with Gasteiger partial charge in [0.1, 0.15) is 16.7 Å². The number of esters is 2. The molecule has 0 aromatic carbocycles. The van der Waals surface area contributed by atoms with Crippen LogP contribution in [-0.2, 0) is 19.1 Å². The summed E-state index contributed by atoms with van der Waals surface area (Å²) < 4.78 is 10.4. The molecule has 1 aromatic rings. The highest BCUT2D eigenvalue weighted by Gasteiger charge is 2.35. The molecule has 1 aromatic heterocycles. The van der Waals surface area contributed by atoms with E-state index in [2.05, 4.69) is 4.98 Å². The average molecular weight is 499 g/mol. The van der Waals surface area contributed by atoms with Gasteiger partial charge in [-0.15, -0.1) is 11.3 Å². The second-order valence-electron chi connectivity index (χ2n) is 10.1. The fourth-order valence-electron chi connectivity index (χ4n) is 3.75. The van der Waals surface area contributed by atoms with Crippen molar-refractivity contribution in [1.82, 2.24) is 9.88 Å². The van der Waals surface area contributed by atoms with E-state index in [9.17, 15) is 19.5 Å². The first kappa shape index (κ1) is 30.0. The van der Waals surface area contributed by atoms with Crippen LogP contribution in [0.15, 0.2) is 5.38 Å². The van der Waals surface area contributed by atoms with Gasteiger partial charge in [-0.3, -0.25) is 9.59 Å². The van der Waals surface area contributed by atoms with Gasteiger partial charge < -0.3 is 19.5 Å². The smallest absolute Gasteiger partial charge is 0.357 e. The molecule has 1 rings (SSSR count). The van der Waals surface area contributed by atoms with Crippen LogP contribution in [0.4, 0.5) is 0 Å². The lowest BCUT2D eigenvalue weighted by molar-refractivity contribution is -0.159. The summed E-state index contributed by atoms with van der Waals surface area (Å²) in [5.41, 5.74) is -0.451. The highest BCUT2D eigenvalue weighted by Crippen LogP contribution is 2.30. The zero-order valence-corrected chi connectivity index (χ0v) is 22.9. The Hall–Kier alpha value is -2.00. The molecule has 0 unspecified atom stereocenters. The second-order valence-corrected chi connectivity index (χ2v) is 11.0. The van der Waals surface area contributed by atoms with Gasteiger partial charge in [-0.2, -0.15) is 0 Å². The van der Waals surface area contributed by atoms with Crippen LogP contribution in [0.5, 0.6) is 0 Å². The van der Waals surface area contributed by atoms with Gasteiger partial charge >= 0.3 is 11.9 Å². The fourth-order valence-corrected chi connectivity index (χ4v) is 4.54. The molecular formula is C25H42N2O6S. The summed E-state index contributed by atoms with van der Waals surface area (Å²) >= 11 is 1.19. The van der Waals surface area contributed by atoms with Crippen LogP contribution in [0.1, 0.15) is 96.3 Å². The topological polar surface area (TPSA) is 106 Å². The van der Waals surface area contributed by atoms with E-state index >= 15 is 0 Å². The van der Waals surface area contributed by atoms with Gasteiger partial charge in [0.25, 0.3) is 0 Å². The Morgan fingerprint density at radius 1 is 1.18 bits per heavy atom. The lowest BCUT2D eigenvalue weighted by Crippen LogP contribution is -2.46. The predicted octanol–water partition coefficient (Wildman–Crippen LogP) is 4.62. The van der Waals surface area contributed by atoms with Gasteiger partial charge in [0.05, 0.1) is 18.9 Å². The maximum absolute atomic E-state index is 13.5. The molecule has 0 saturated heterocycles. The van der Waals surface area contributed by atoms with Crippen molar-refractivity contribution in [3.05, 3.63) is 16.1 Å². The first-order valence-corrected chi connectivity index (χ1v) is 12.9. The zero-order chi connectivity index (χ0) is 26.2. The monoisotopic (exact) mass is 498 g/mol. The Bertz CT molecular complexity index is 817. The largest absolute Gasteiger partial charge is 0.461 e. The third kappa shape index (κ3) is 8.98. The van der Waals surface area contributed by atoms with Crippen molar-refractivity contribution in [3.63, 3.8) is 0 Å². The molecule has 0 fully saturated rings. The molecule has 0 spiro atoms. The van der Waals surface area contributed by atoms with Gasteiger partial charge in [0, 0.05) is 24.9 Å². The molecule has 34 heavy (non-hydrogen) atoms. The molecule has 8 nitrogen and oxygen atoms in total. The lowest BCUT2D eigenvalue weighted by Gasteiger charge is -2.36. The van der Waals surface area contributed by atoms with Crippen molar-refractivity contribution in [2.45, 2.75) is 92.4 Å². The summed E-state index contributed by atoms with van der Waals surface area (Å²) in [6, 6.07) is -0.289. The Kier molecular flexibility index (Phi) is 11.6. The van der Waals surface area contributed by atoms with Gasteiger partial charge in [0.15, 0.2) is 5.69 Å². The minimum absolute atomic E-state index is 0.00805. The number of aliphatic hydroxyl groups excluding tert-OH is 1. The van der Waals surface area contributed by atoms with Crippen molar-refractivity contribution in [1.29, 1.82) is 0 Å². The molecule has 0 aliphatic carbocycles. The van der Waals surface area contributed by atoms with E-state index in [1.807, 2.05) is 27.7 Å². The van der Waals surface area contributed by atoms with Gasteiger partial charge in [-0.1, -0.05) is 34.1 Å². The van der Waals surface area contributed by atoms with Gasteiger partial charge in [-0.25, -0.2) is 9.78 Å². The summed E-state index contributed by atoms with van der Waals surface area (Å²) in [6.45, 7) is 15.3. The van der Waals surface area contributed by atoms with Crippen LogP contribution in [0.25, 0.3) is 0 Å². The van der Waals surface area contributed by atoms with Crippen molar-refractivity contribution < 1.29 is 29.0 Å². The SMILES string of the molecule is CCOC(=O)c1csc([C@H](O)C[C@H](C(C)C)N(C)C(=O)[C@@H](CC(=O)OC(C)(C)C)[C@@H](C)CC)n1. The molecule has 4 atom stereocenters. The van der Waals surface area contributed by atoms with E-state index in [0.717, 1.165) is 6.42 Å². The molecule has 1 N–H and O–H groups in total. The number of carbonyl (C=O) groups is 3. The normalized spacial score (nSPS) is 15.4. The Morgan fingerprint density at radius 3 is 2.29 bits per heavy atom. The van der Waals surface area contributed by atoms with Crippen molar-refractivity contribution in [2.75, 3.05) is 13.7 Å². The summed E-state index contributed by atoms with van der Waals surface area (Å²) in [7, 11) is 1.72. The van der Waals surface area contributed by atoms with Crippen LogP contribution < -0.4 is 0 Å². The number of nitrogens with zero attached hydrogens (tertiary/aromatic N) is 2. The van der Waals surface area contributed by atoms with E-state index in [-0.39, 0.29) is 48.9 Å². The lowest BCUT2D eigenvalue weighted by atomic mass is 9.86. The minimum Gasteiger partial charge on any atom is -0.461 e. The molecule has 0 aliphatic rings. The summed E-state index contributed by atoms with van der Waals surface area (Å²) in [6.07, 6.45) is 0.0782. The fraction of sp³-hybridized carbons (Fsp3) is 0.760. The first-order chi connectivity index (χ1) is 15.7. The van der Waals surface area contributed by atoms with Crippen LogP contribution in [0, 0.1) is 17.8 Å². The van der Waals surface area contributed by atoms with E-state index in [4.69, 9.17) is 9.47 Å². The minimum atomic E-state index is -0.941. The predicted molar refractivity (Wildman–Crippen MR) is 132 cm³/mol. The van der Waals surface area contributed by atoms with Crippen molar-refractivity contribution >= 4 is 29.2 Å². The molecule has 194 valence electrons. The number of carbonyl (C=O) groups excluding carboxylic acids is 3.